The van der Waals surface area contributed by atoms with E-state index in [1.807, 2.05) is 0 Å². The number of aryl methyl sites for hydroxylation is 1. The van der Waals surface area contributed by atoms with Crippen molar-refractivity contribution in [2.45, 2.75) is 13.3 Å². The van der Waals surface area contributed by atoms with E-state index >= 15 is 0 Å². The van der Waals surface area contributed by atoms with Crippen LogP contribution in [0.5, 0.6) is 0 Å². The molecule has 2 nitrogen and oxygen atoms in total. The van der Waals surface area contributed by atoms with Gasteiger partial charge in [0.05, 0.1) is 0 Å². The van der Waals surface area contributed by atoms with E-state index in [9.17, 15) is 13.6 Å². The number of halogens is 2. The van der Waals surface area contributed by atoms with Crippen LogP contribution in [0.25, 0.3) is 0 Å². The Morgan fingerprint density at radius 2 is 1.83 bits per heavy atom. The van der Waals surface area contributed by atoms with E-state index in [1.165, 1.54) is 30.6 Å². The van der Waals surface area contributed by atoms with Gasteiger partial charge in [-0.15, -0.1) is 0 Å². The molecule has 0 fully saturated rings. The minimum atomic E-state index is -2.66. The molecule has 92 valence electrons. The van der Waals surface area contributed by atoms with Gasteiger partial charge < -0.3 is 0 Å². The van der Waals surface area contributed by atoms with E-state index in [0.717, 1.165) is 0 Å². The quantitative estimate of drug-likeness (QED) is 0.776. The Morgan fingerprint density at radius 1 is 1.17 bits per heavy atom. The number of carbonyl (C=O) groups excluding carboxylic acids is 1. The molecule has 0 spiro atoms. The molecule has 0 saturated carbocycles. The van der Waals surface area contributed by atoms with Gasteiger partial charge in [0, 0.05) is 29.1 Å². The summed E-state index contributed by atoms with van der Waals surface area (Å²) in [4.78, 5) is 16.0. The lowest BCUT2D eigenvalue weighted by Crippen LogP contribution is -2.07. The lowest BCUT2D eigenvalue weighted by Gasteiger charge is -2.10. The van der Waals surface area contributed by atoms with Crippen molar-refractivity contribution in [2.24, 2.45) is 0 Å². The number of pyridine rings is 1. The largest absolute Gasteiger partial charge is 0.289 e. The number of nitrogens with zero attached hydrogens (tertiary/aromatic N) is 1. The number of carbonyl (C=O) groups is 1. The van der Waals surface area contributed by atoms with Crippen molar-refractivity contribution in [3.05, 3.63) is 65.0 Å². The third-order valence-corrected chi connectivity index (χ3v) is 2.73. The fourth-order valence-electron chi connectivity index (χ4n) is 1.83. The molecule has 1 aromatic carbocycles. The molecule has 0 atom stereocenters. The van der Waals surface area contributed by atoms with Crippen molar-refractivity contribution in [1.82, 2.24) is 4.98 Å². The predicted octanol–water partition coefficient (Wildman–Crippen LogP) is 3.56. The van der Waals surface area contributed by atoms with Crippen LogP contribution in [0.3, 0.4) is 0 Å². The van der Waals surface area contributed by atoms with Crippen molar-refractivity contribution < 1.29 is 13.6 Å². The molecule has 2 rings (SSSR count). The summed E-state index contributed by atoms with van der Waals surface area (Å²) in [5.74, 6) is -0.406. The molecule has 0 unspecified atom stereocenters. The lowest BCUT2D eigenvalue weighted by atomic mass is 9.96. The van der Waals surface area contributed by atoms with Gasteiger partial charge >= 0.3 is 0 Å². The summed E-state index contributed by atoms with van der Waals surface area (Å²) in [6.07, 6.45) is 0.267. The molecule has 0 aliphatic carbocycles. The van der Waals surface area contributed by atoms with Crippen molar-refractivity contribution >= 4 is 5.78 Å². The molecule has 0 aliphatic rings. The molecule has 1 aromatic heterocycles. The number of hydrogen-bond donors (Lipinski definition) is 0. The zero-order valence-electron chi connectivity index (χ0n) is 9.73. The normalized spacial score (nSPS) is 10.7. The third kappa shape index (κ3) is 2.27. The van der Waals surface area contributed by atoms with Crippen LogP contribution in [0.2, 0.25) is 0 Å². The molecule has 2 aromatic rings. The van der Waals surface area contributed by atoms with Crippen LogP contribution in [-0.4, -0.2) is 10.8 Å². The van der Waals surface area contributed by atoms with Gasteiger partial charge in [-0.05, 0) is 24.6 Å². The maximum atomic E-state index is 13.0. The van der Waals surface area contributed by atoms with E-state index in [4.69, 9.17) is 0 Å². The van der Waals surface area contributed by atoms with Crippen LogP contribution >= 0.6 is 0 Å². The van der Waals surface area contributed by atoms with Crippen LogP contribution in [-0.2, 0) is 0 Å². The van der Waals surface area contributed by atoms with Gasteiger partial charge in [0.1, 0.15) is 0 Å². The van der Waals surface area contributed by atoms with Gasteiger partial charge in [0.15, 0.2) is 5.78 Å². The van der Waals surface area contributed by atoms with Gasteiger partial charge in [0.2, 0.25) is 0 Å². The van der Waals surface area contributed by atoms with E-state index in [-0.39, 0.29) is 11.1 Å². The first-order valence-electron chi connectivity index (χ1n) is 5.43. The van der Waals surface area contributed by atoms with Crippen LogP contribution < -0.4 is 0 Å². The second kappa shape index (κ2) is 5.04. The van der Waals surface area contributed by atoms with Gasteiger partial charge in [-0.2, -0.15) is 0 Å². The van der Waals surface area contributed by atoms with Crippen molar-refractivity contribution in [3.63, 3.8) is 0 Å². The van der Waals surface area contributed by atoms with E-state index in [0.29, 0.717) is 11.1 Å². The maximum Gasteiger partial charge on any atom is 0.264 e. The minimum absolute atomic E-state index is 0.0520. The molecule has 0 radical (unpaired) electrons. The monoisotopic (exact) mass is 247 g/mol. The standard InChI is InChI=1S/C14H11F2NO/c1-9-3-2-4-11(12(9)14(15)16)13(18)10-5-7-17-8-6-10/h2-8,14H,1H3. The highest BCUT2D eigenvalue weighted by molar-refractivity contribution is 6.10. The van der Waals surface area contributed by atoms with Gasteiger partial charge in [0.25, 0.3) is 6.43 Å². The Balaban J connectivity index is 2.52. The Kier molecular flexibility index (Phi) is 3.46. The topological polar surface area (TPSA) is 30.0 Å². The van der Waals surface area contributed by atoms with E-state index < -0.39 is 12.2 Å². The Bertz CT molecular complexity index is 567. The van der Waals surface area contributed by atoms with Gasteiger partial charge in [-0.1, -0.05) is 18.2 Å². The zero-order valence-corrected chi connectivity index (χ0v) is 9.73. The number of benzene rings is 1. The van der Waals surface area contributed by atoms with Crippen molar-refractivity contribution in [2.75, 3.05) is 0 Å². The van der Waals surface area contributed by atoms with Crippen molar-refractivity contribution in [3.8, 4) is 0 Å². The summed E-state index contributed by atoms with van der Waals surface area (Å²) >= 11 is 0. The second-order valence-corrected chi connectivity index (χ2v) is 3.90. The summed E-state index contributed by atoms with van der Waals surface area (Å²) in [6, 6.07) is 7.64. The summed E-state index contributed by atoms with van der Waals surface area (Å²) in [5, 5.41) is 0. The number of rotatable bonds is 3. The minimum Gasteiger partial charge on any atom is -0.289 e. The molecule has 18 heavy (non-hydrogen) atoms. The predicted molar refractivity (Wildman–Crippen MR) is 63.8 cm³/mol. The summed E-state index contributed by atoms with van der Waals surface area (Å²) in [5.41, 5.74) is 0.637. The Labute approximate surface area is 103 Å². The first-order chi connectivity index (χ1) is 8.61. The highest BCUT2D eigenvalue weighted by Gasteiger charge is 2.20. The Morgan fingerprint density at radius 3 is 2.44 bits per heavy atom. The number of hydrogen-bond acceptors (Lipinski definition) is 2. The molecular formula is C14H11F2NO. The fraction of sp³-hybridized carbons (Fsp3) is 0.143. The SMILES string of the molecule is Cc1cccc(C(=O)c2ccncc2)c1C(F)F. The fourth-order valence-corrected chi connectivity index (χ4v) is 1.83. The molecular weight excluding hydrogens is 236 g/mol. The highest BCUT2D eigenvalue weighted by atomic mass is 19.3. The van der Waals surface area contributed by atoms with Gasteiger partial charge in [-0.3, -0.25) is 9.78 Å². The van der Waals surface area contributed by atoms with Crippen molar-refractivity contribution in [1.29, 1.82) is 0 Å². The van der Waals surface area contributed by atoms with E-state index in [2.05, 4.69) is 4.98 Å². The van der Waals surface area contributed by atoms with Gasteiger partial charge in [-0.25, -0.2) is 8.78 Å². The molecule has 0 aliphatic heterocycles. The summed E-state index contributed by atoms with van der Waals surface area (Å²) in [7, 11) is 0. The number of alkyl halides is 2. The van der Waals surface area contributed by atoms with Crippen LogP contribution in [0, 0.1) is 6.92 Å². The second-order valence-electron chi connectivity index (χ2n) is 3.90. The maximum absolute atomic E-state index is 13.0. The molecule has 0 saturated heterocycles. The smallest absolute Gasteiger partial charge is 0.264 e. The average Bonchev–Trinajstić information content (AvgIpc) is 2.38. The number of aromatic nitrogens is 1. The zero-order chi connectivity index (χ0) is 13.1. The summed E-state index contributed by atoms with van der Waals surface area (Å²) < 4.78 is 26.0. The molecule has 1 heterocycles. The lowest BCUT2D eigenvalue weighted by molar-refractivity contribution is 0.102. The molecule has 0 N–H and O–H groups in total. The first kappa shape index (κ1) is 12.4. The summed E-state index contributed by atoms with van der Waals surface area (Å²) in [6.45, 7) is 1.57. The van der Waals surface area contributed by atoms with Crippen LogP contribution in [0.15, 0.2) is 42.7 Å². The molecule has 0 amide bonds. The molecule has 4 heteroatoms. The molecule has 0 bridgehead atoms. The third-order valence-electron chi connectivity index (χ3n) is 2.73. The average molecular weight is 247 g/mol. The van der Waals surface area contributed by atoms with Crippen LogP contribution in [0.1, 0.15) is 33.5 Å². The Hall–Kier alpha value is -2.10. The van der Waals surface area contributed by atoms with E-state index in [1.54, 1.807) is 19.1 Å². The number of ketones is 1. The first-order valence-corrected chi connectivity index (χ1v) is 5.43. The highest BCUT2D eigenvalue weighted by Crippen LogP contribution is 2.27. The van der Waals surface area contributed by atoms with Crippen LogP contribution in [0.4, 0.5) is 8.78 Å².